The summed E-state index contributed by atoms with van der Waals surface area (Å²) in [4.78, 5) is 26.2. The summed E-state index contributed by atoms with van der Waals surface area (Å²) in [6.07, 6.45) is 3.16. The van der Waals surface area contributed by atoms with E-state index in [2.05, 4.69) is 15.6 Å². The number of carboxylic acids is 1. The van der Waals surface area contributed by atoms with Crippen molar-refractivity contribution in [3.05, 3.63) is 59.9 Å². The molecule has 0 aliphatic rings. The second-order valence-corrected chi connectivity index (χ2v) is 4.05. The van der Waals surface area contributed by atoms with E-state index in [9.17, 15) is 9.59 Å². The predicted molar refractivity (Wildman–Crippen MR) is 73.5 cm³/mol. The molecule has 6 heteroatoms. The van der Waals surface area contributed by atoms with Crippen LogP contribution in [0.15, 0.2) is 48.8 Å². The Balaban J connectivity index is 1.85. The number of aromatic carboxylic acids is 1. The maximum Gasteiger partial charge on any atom is 0.335 e. The molecule has 0 saturated heterocycles. The number of anilines is 1. The highest BCUT2D eigenvalue weighted by molar-refractivity contribution is 5.89. The number of hydrogen-bond acceptors (Lipinski definition) is 3. The van der Waals surface area contributed by atoms with Crippen LogP contribution in [-0.2, 0) is 6.54 Å². The standard InChI is InChI=1S/C14H13N3O3/c18-13(19)11-5-3-10(4-6-11)8-16-14(20)17-12-2-1-7-15-9-12/h1-7,9H,8H2,(H,18,19)(H2,16,17,20). The van der Waals surface area contributed by atoms with Crippen molar-refractivity contribution in [2.75, 3.05) is 5.32 Å². The van der Waals surface area contributed by atoms with Crippen LogP contribution in [0.1, 0.15) is 15.9 Å². The molecule has 2 aromatic rings. The lowest BCUT2D eigenvalue weighted by atomic mass is 10.1. The van der Waals surface area contributed by atoms with Crippen LogP contribution in [0.25, 0.3) is 0 Å². The van der Waals surface area contributed by atoms with Crippen LogP contribution in [0.4, 0.5) is 10.5 Å². The summed E-state index contributed by atoms with van der Waals surface area (Å²) in [6.45, 7) is 0.312. The van der Waals surface area contributed by atoms with Crippen molar-refractivity contribution in [3.8, 4) is 0 Å². The first kappa shape index (κ1) is 13.5. The Hall–Kier alpha value is -2.89. The zero-order valence-corrected chi connectivity index (χ0v) is 10.5. The monoisotopic (exact) mass is 271 g/mol. The molecule has 0 unspecified atom stereocenters. The van der Waals surface area contributed by atoms with Crippen molar-refractivity contribution < 1.29 is 14.7 Å². The molecule has 3 N–H and O–H groups in total. The van der Waals surface area contributed by atoms with E-state index in [4.69, 9.17) is 5.11 Å². The van der Waals surface area contributed by atoms with Gasteiger partial charge in [0.25, 0.3) is 0 Å². The largest absolute Gasteiger partial charge is 0.478 e. The van der Waals surface area contributed by atoms with Gasteiger partial charge in [0.15, 0.2) is 0 Å². The van der Waals surface area contributed by atoms with Crippen molar-refractivity contribution in [2.24, 2.45) is 0 Å². The van der Waals surface area contributed by atoms with Gasteiger partial charge in [0.2, 0.25) is 0 Å². The van der Waals surface area contributed by atoms with E-state index in [1.54, 1.807) is 36.7 Å². The fourth-order valence-corrected chi connectivity index (χ4v) is 1.56. The van der Waals surface area contributed by atoms with Gasteiger partial charge in [-0.2, -0.15) is 0 Å². The fourth-order valence-electron chi connectivity index (χ4n) is 1.56. The quantitative estimate of drug-likeness (QED) is 0.794. The van der Waals surface area contributed by atoms with Crippen molar-refractivity contribution in [1.82, 2.24) is 10.3 Å². The zero-order valence-electron chi connectivity index (χ0n) is 10.5. The van der Waals surface area contributed by atoms with Gasteiger partial charge in [0.1, 0.15) is 0 Å². The minimum absolute atomic E-state index is 0.216. The van der Waals surface area contributed by atoms with Crippen LogP contribution >= 0.6 is 0 Å². The normalized spacial score (nSPS) is 9.80. The van der Waals surface area contributed by atoms with E-state index in [0.717, 1.165) is 5.56 Å². The summed E-state index contributed by atoms with van der Waals surface area (Å²) in [5, 5.41) is 14.1. The average Bonchev–Trinajstić information content (AvgIpc) is 2.46. The van der Waals surface area contributed by atoms with Gasteiger partial charge in [-0.25, -0.2) is 9.59 Å². The van der Waals surface area contributed by atoms with Crippen molar-refractivity contribution in [1.29, 1.82) is 0 Å². The Morgan fingerprint density at radius 3 is 2.50 bits per heavy atom. The molecule has 0 fully saturated rings. The van der Waals surface area contributed by atoms with E-state index in [1.165, 1.54) is 12.1 Å². The average molecular weight is 271 g/mol. The van der Waals surface area contributed by atoms with Gasteiger partial charge < -0.3 is 15.7 Å². The van der Waals surface area contributed by atoms with E-state index < -0.39 is 5.97 Å². The predicted octanol–water partition coefficient (Wildman–Crippen LogP) is 2.10. The molecule has 0 bridgehead atoms. The second kappa shape index (κ2) is 6.33. The van der Waals surface area contributed by atoms with E-state index in [0.29, 0.717) is 12.2 Å². The lowest BCUT2D eigenvalue weighted by Gasteiger charge is -2.07. The SMILES string of the molecule is O=C(NCc1ccc(C(=O)O)cc1)Nc1cccnc1. The van der Waals surface area contributed by atoms with E-state index >= 15 is 0 Å². The molecule has 0 aliphatic heterocycles. The molecular formula is C14H13N3O3. The first-order chi connectivity index (χ1) is 9.65. The number of nitrogens with one attached hydrogen (secondary N) is 2. The first-order valence-corrected chi connectivity index (χ1v) is 5.92. The number of pyridine rings is 1. The molecular weight excluding hydrogens is 258 g/mol. The Labute approximate surface area is 115 Å². The summed E-state index contributed by atoms with van der Waals surface area (Å²) in [5.41, 5.74) is 1.64. The highest BCUT2D eigenvalue weighted by atomic mass is 16.4. The van der Waals surface area contributed by atoms with Gasteiger partial charge in [-0.1, -0.05) is 12.1 Å². The highest BCUT2D eigenvalue weighted by Crippen LogP contribution is 2.05. The van der Waals surface area contributed by atoms with E-state index in [-0.39, 0.29) is 11.6 Å². The molecule has 20 heavy (non-hydrogen) atoms. The summed E-state index contributed by atoms with van der Waals surface area (Å²) >= 11 is 0. The number of aromatic nitrogens is 1. The molecule has 1 aromatic heterocycles. The van der Waals surface area contributed by atoms with Crippen LogP contribution < -0.4 is 10.6 Å². The number of amides is 2. The number of carboxylic acid groups (broad SMARTS) is 1. The topological polar surface area (TPSA) is 91.3 Å². The van der Waals surface area contributed by atoms with Crippen molar-refractivity contribution in [2.45, 2.75) is 6.54 Å². The Morgan fingerprint density at radius 1 is 1.15 bits per heavy atom. The molecule has 6 nitrogen and oxygen atoms in total. The van der Waals surface area contributed by atoms with Gasteiger partial charge in [0, 0.05) is 12.7 Å². The summed E-state index contributed by atoms with van der Waals surface area (Å²) in [6, 6.07) is 9.42. The van der Waals surface area contributed by atoms with Crippen LogP contribution in [-0.4, -0.2) is 22.1 Å². The maximum absolute atomic E-state index is 11.6. The smallest absolute Gasteiger partial charge is 0.335 e. The van der Waals surface area contributed by atoms with Gasteiger partial charge >= 0.3 is 12.0 Å². The maximum atomic E-state index is 11.6. The third kappa shape index (κ3) is 3.81. The Bertz CT molecular complexity index is 597. The highest BCUT2D eigenvalue weighted by Gasteiger charge is 2.04. The number of carbonyl (C=O) groups is 2. The van der Waals surface area contributed by atoms with Crippen molar-refractivity contribution >= 4 is 17.7 Å². The van der Waals surface area contributed by atoms with Gasteiger partial charge in [-0.15, -0.1) is 0 Å². The number of nitrogens with zero attached hydrogens (tertiary/aromatic N) is 1. The third-order valence-electron chi connectivity index (χ3n) is 2.57. The van der Waals surface area contributed by atoms with Gasteiger partial charge in [-0.3, -0.25) is 4.98 Å². The lowest BCUT2D eigenvalue weighted by molar-refractivity contribution is 0.0697. The molecule has 1 aromatic carbocycles. The zero-order chi connectivity index (χ0) is 14.4. The van der Waals surface area contributed by atoms with Crippen LogP contribution in [0.2, 0.25) is 0 Å². The van der Waals surface area contributed by atoms with Gasteiger partial charge in [-0.05, 0) is 29.8 Å². The molecule has 102 valence electrons. The first-order valence-electron chi connectivity index (χ1n) is 5.92. The van der Waals surface area contributed by atoms with E-state index in [1.807, 2.05) is 0 Å². The number of hydrogen-bond donors (Lipinski definition) is 3. The fraction of sp³-hybridized carbons (Fsp3) is 0.0714. The molecule has 0 atom stereocenters. The number of benzene rings is 1. The summed E-state index contributed by atoms with van der Waals surface area (Å²) in [7, 11) is 0. The second-order valence-electron chi connectivity index (χ2n) is 4.05. The molecule has 2 rings (SSSR count). The minimum Gasteiger partial charge on any atom is -0.478 e. The molecule has 1 heterocycles. The van der Waals surface area contributed by atoms with Crippen molar-refractivity contribution in [3.63, 3.8) is 0 Å². The number of carbonyl (C=O) groups excluding carboxylic acids is 1. The summed E-state index contributed by atoms with van der Waals surface area (Å²) in [5.74, 6) is -0.973. The number of rotatable bonds is 4. The van der Waals surface area contributed by atoms with Gasteiger partial charge in [0.05, 0.1) is 17.4 Å². The lowest BCUT2D eigenvalue weighted by Crippen LogP contribution is -2.28. The molecule has 0 radical (unpaired) electrons. The minimum atomic E-state index is -0.973. The number of urea groups is 1. The van der Waals surface area contributed by atoms with Crippen LogP contribution in [0.3, 0.4) is 0 Å². The molecule has 2 amide bonds. The Kier molecular flexibility index (Phi) is 4.28. The van der Waals surface area contributed by atoms with Crippen LogP contribution in [0.5, 0.6) is 0 Å². The summed E-state index contributed by atoms with van der Waals surface area (Å²) < 4.78 is 0. The molecule has 0 aliphatic carbocycles. The van der Waals surface area contributed by atoms with Crippen LogP contribution in [0, 0.1) is 0 Å². The third-order valence-corrected chi connectivity index (χ3v) is 2.57. The molecule has 0 spiro atoms. The molecule has 0 saturated carbocycles. The Morgan fingerprint density at radius 2 is 1.90 bits per heavy atom.